The van der Waals surface area contributed by atoms with Gasteiger partial charge in [0.15, 0.2) is 11.5 Å². The molecule has 146 valence electrons. The summed E-state index contributed by atoms with van der Waals surface area (Å²) >= 11 is 0. The third-order valence-electron chi connectivity index (χ3n) is 4.72. The molecule has 1 N–H and O–H groups in total. The van der Waals surface area contributed by atoms with E-state index in [0.29, 0.717) is 13.2 Å². The number of anilines is 1. The van der Waals surface area contributed by atoms with E-state index in [1.807, 2.05) is 30.0 Å². The number of hydrogen-bond acceptors (Lipinski definition) is 4. The maximum atomic E-state index is 12.7. The number of nitrogens with one attached hydrogen (secondary N) is 1. The highest BCUT2D eigenvalue weighted by atomic mass is 16.5. The second kappa shape index (κ2) is 10.3. The topological polar surface area (TPSA) is 50.8 Å². The lowest BCUT2D eigenvalue weighted by Crippen LogP contribution is -2.45. The van der Waals surface area contributed by atoms with Gasteiger partial charge in [-0.05, 0) is 50.7 Å². The summed E-state index contributed by atoms with van der Waals surface area (Å²) in [7, 11) is 0. The molecule has 1 fully saturated rings. The van der Waals surface area contributed by atoms with Gasteiger partial charge in [0.1, 0.15) is 6.04 Å². The zero-order valence-electron chi connectivity index (χ0n) is 16.7. The first kappa shape index (κ1) is 20.4. The Hall–Kier alpha value is -1.91. The van der Waals surface area contributed by atoms with Gasteiger partial charge in [0.2, 0.25) is 5.91 Å². The van der Waals surface area contributed by atoms with Crippen LogP contribution in [0.1, 0.15) is 53.4 Å². The summed E-state index contributed by atoms with van der Waals surface area (Å²) in [4.78, 5) is 14.7. The fraction of sp³-hybridized carbons (Fsp3) is 0.667. The maximum absolute atomic E-state index is 12.7. The van der Waals surface area contributed by atoms with Crippen LogP contribution in [-0.2, 0) is 4.79 Å². The van der Waals surface area contributed by atoms with Crippen LogP contribution < -0.4 is 14.8 Å². The lowest BCUT2D eigenvalue weighted by Gasteiger charge is -2.32. The summed E-state index contributed by atoms with van der Waals surface area (Å²) in [6.45, 7) is 11.4. The van der Waals surface area contributed by atoms with Gasteiger partial charge in [0, 0.05) is 24.8 Å². The lowest BCUT2D eigenvalue weighted by atomic mass is 9.99. The Morgan fingerprint density at radius 2 is 1.77 bits per heavy atom. The van der Waals surface area contributed by atoms with Crippen molar-refractivity contribution in [3.8, 4) is 11.5 Å². The molecular weight excluding hydrogens is 328 g/mol. The predicted octanol–water partition coefficient (Wildman–Crippen LogP) is 4.32. The molecule has 1 aliphatic rings. The van der Waals surface area contributed by atoms with Crippen LogP contribution in [-0.4, -0.2) is 43.2 Å². The quantitative estimate of drug-likeness (QED) is 0.711. The predicted molar refractivity (Wildman–Crippen MR) is 106 cm³/mol. The summed E-state index contributed by atoms with van der Waals surface area (Å²) in [6, 6.07) is 5.54. The highest BCUT2D eigenvalue weighted by Crippen LogP contribution is 2.31. The first-order chi connectivity index (χ1) is 12.5. The van der Waals surface area contributed by atoms with Gasteiger partial charge in [-0.25, -0.2) is 0 Å². The van der Waals surface area contributed by atoms with Crippen molar-refractivity contribution in [2.24, 2.45) is 5.92 Å². The Morgan fingerprint density at radius 1 is 1.15 bits per heavy atom. The second-order valence-electron chi connectivity index (χ2n) is 7.23. The van der Waals surface area contributed by atoms with E-state index >= 15 is 0 Å². The Morgan fingerprint density at radius 3 is 2.38 bits per heavy atom. The minimum atomic E-state index is -0.259. The van der Waals surface area contributed by atoms with Gasteiger partial charge < -0.3 is 19.7 Å². The molecule has 1 aromatic rings. The van der Waals surface area contributed by atoms with Crippen molar-refractivity contribution >= 4 is 11.6 Å². The zero-order chi connectivity index (χ0) is 18.9. The Kier molecular flexibility index (Phi) is 8.07. The molecule has 5 heteroatoms. The average molecular weight is 363 g/mol. The van der Waals surface area contributed by atoms with Gasteiger partial charge in [-0.1, -0.05) is 20.8 Å². The number of carbonyl (C=O) groups is 1. The number of nitrogens with zero attached hydrogens (tertiary/aromatic N) is 1. The molecule has 1 atom stereocenters. The van der Waals surface area contributed by atoms with Gasteiger partial charge >= 0.3 is 0 Å². The van der Waals surface area contributed by atoms with Crippen molar-refractivity contribution in [1.82, 2.24) is 4.90 Å². The van der Waals surface area contributed by atoms with Crippen LogP contribution in [0.2, 0.25) is 0 Å². The normalized spacial score (nSPS) is 16.2. The van der Waals surface area contributed by atoms with E-state index in [9.17, 15) is 4.79 Å². The molecule has 1 aliphatic heterocycles. The fourth-order valence-corrected chi connectivity index (χ4v) is 3.07. The summed E-state index contributed by atoms with van der Waals surface area (Å²) in [5.74, 6) is 2.38. The van der Waals surface area contributed by atoms with Gasteiger partial charge in [0.25, 0.3) is 0 Å². The van der Waals surface area contributed by atoms with Crippen molar-refractivity contribution in [2.45, 2.75) is 59.4 Å². The number of likely N-dealkylation sites (tertiary alicyclic amines) is 1. The Bertz CT molecular complexity index is 568. The minimum Gasteiger partial charge on any atom is -0.490 e. The minimum absolute atomic E-state index is 0.166. The molecule has 0 aromatic heterocycles. The van der Waals surface area contributed by atoms with E-state index in [-0.39, 0.29) is 11.9 Å². The van der Waals surface area contributed by atoms with Gasteiger partial charge in [0.05, 0.1) is 13.2 Å². The first-order valence-corrected chi connectivity index (χ1v) is 10.00. The maximum Gasteiger partial charge on any atom is 0.244 e. The number of hydrogen-bond donors (Lipinski definition) is 1. The molecule has 0 spiro atoms. The van der Waals surface area contributed by atoms with E-state index in [2.05, 4.69) is 26.1 Å². The molecule has 0 saturated carbocycles. The van der Waals surface area contributed by atoms with E-state index in [1.165, 1.54) is 0 Å². The monoisotopic (exact) mass is 362 g/mol. The van der Waals surface area contributed by atoms with Crippen LogP contribution in [0.25, 0.3) is 0 Å². The Labute approximate surface area is 158 Å². The summed E-state index contributed by atoms with van der Waals surface area (Å²) < 4.78 is 11.6. The molecule has 0 radical (unpaired) electrons. The van der Waals surface area contributed by atoms with Crippen LogP contribution in [0, 0.1) is 5.92 Å². The van der Waals surface area contributed by atoms with Crippen molar-refractivity contribution in [3.63, 3.8) is 0 Å². The lowest BCUT2D eigenvalue weighted by molar-refractivity contribution is -0.132. The molecule has 26 heavy (non-hydrogen) atoms. The Balaban J connectivity index is 2.01. The molecule has 0 bridgehead atoms. The molecule has 1 amide bonds. The van der Waals surface area contributed by atoms with Gasteiger partial charge in [-0.15, -0.1) is 0 Å². The highest BCUT2D eigenvalue weighted by Gasteiger charge is 2.24. The number of rotatable bonds is 9. The smallest absolute Gasteiger partial charge is 0.244 e. The zero-order valence-corrected chi connectivity index (χ0v) is 16.7. The number of amides is 1. The molecule has 2 rings (SSSR count). The van der Waals surface area contributed by atoms with E-state index in [1.54, 1.807) is 0 Å². The molecule has 1 heterocycles. The third-order valence-corrected chi connectivity index (χ3v) is 4.72. The molecule has 1 aromatic carbocycles. The summed E-state index contributed by atoms with van der Waals surface area (Å²) in [5.41, 5.74) is 0.881. The van der Waals surface area contributed by atoms with E-state index in [4.69, 9.17) is 9.47 Å². The van der Waals surface area contributed by atoms with Crippen LogP contribution in [0.3, 0.4) is 0 Å². The number of carbonyl (C=O) groups excluding carboxylic acids is 1. The fourth-order valence-electron chi connectivity index (χ4n) is 3.07. The highest BCUT2D eigenvalue weighted by molar-refractivity contribution is 5.84. The third kappa shape index (κ3) is 5.82. The van der Waals surface area contributed by atoms with Crippen molar-refractivity contribution in [3.05, 3.63) is 18.2 Å². The second-order valence-corrected chi connectivity index (χ2v) is 7.23. The summed E-state index contributed by atoms with van der Waals surface area (Å²) in [5, 5.41) is 3.32. The largest absolute Gasteiger partial charge is 0.490 e. The molecular formula is C21H34N2O3. The average Bonchev–Trinajstić information content (AvgIpc) is 2.65. The molecule has 1 saturated heterocycles. The SMILES string of the molecule is CCCOc1ccc(NC(C)C(=O)N2CCC(C)CC2)cc1OCCC. The van der Waals surface area contributed by atoms with Gasteiger partial charge in [-0.2, -0.15) is 0 Å². The number of piperidine rings is 1. The summed E-state index contributed by atoms with van der Waals surface area (Å²) in [6.07, 6.45) is 4.08. The molecule has 1 unspecified atom stereocenters. The van der Waals surface area contributed by atoms with Crippen molar-refractivity contribution in [2.75, 3.05) is 31.6 Å². The van der Waals surface area contributed by atoms with Crippen LogP contribution in [0.5, 0.6) is 11.5 Å². The first-order valence-electron chi connectivity index (χ1n) is 10.00. The number of benzene rings is 1. The van der Waals surface area contributed by atoms with Crippen molar-refractivity contribution in [1.29, 1.82) is 0 Å². The van der Waals surface area contributed by atoms with Crippen LogP contribution in [0.4, 0.5) is 5.69 Å². The molecule has 5 nitrogen and oxygen atoms in total. The standard InChI is InChI=1S/C21H34N2O3/c1-5-13-25-19-8-7-18(15-20(19)26-14-6-2)22-17(4)21(24)23-11-9-16(3)10-12-23/h7-8,15-17,22H,5-6,9-14H2,1-4H3. The van der Waals surface area contributed by atoms with E-state index < -0.39 is 0 Å². The molecule has 0 aliphatic carbocycles. The van der Waals surface area contributed by atoms with Crippen LogP contribution in [0.15, 0.2) is 18.2 Å². The van der Waals surface area contributed by atoms with Crippen molar-refractivity contribution < 1.29 is 14.3 Å². The van der Waals surface area contributed by atoms with E-state index in [0.717, 1.165) is 61.9 Å². The van der Waals surface area contributed by atoms with Crippen LogP contribution >= 0.6 is 0 Å². The number of ether oxygens (including phenoxy) is 2. The van der Waals surface area contributed by atoms with Gasteiger partial charge in [-0.3, -0.25) is 4.79 Å².